The molecule has 0 saturated carbocycles. The lowest BCUT2D eigenvalue weighted by molar-refractivity contribution is 0.0802. The third kappa shape index (κ3) is 2.84. The minimum Gasteiger partial charge on any atom is -0.508 e. The Morgan fingerprint density at radius 1 is 1.25 bits per heavy atom. The molecule has 3 nitrogen and oxygen atoms in total. The Balaban J connectivity index is 1.78. The monoisotopic (exact) mass is 274 g/mol. The van der Waals surface area contributed by atoms with Crippen LogP contribution in [0, 0.1) is 0 Å². The minimum absolute atomic E-state index is 0.377. The number of phenolic OH excluding ortho intramolecular Hbond substituents is 1. The first kappa shape index (κ1) is 13.9. The van der Waals surface area contributed by atoms with Crippen molar-refractivity contribution in [3.63, 3.8) is 0 Å². The summed E-state index contributed by atoms with van der Waals surface area (Å²) in [5.41, 5.74) is 1.23. The van der Waals surface area contributed by atoms with Crippen LogP contribution < -0.4 is 5.32 Å². The summed E-state index contributed by atoms with van der Waals surface area (Å²) in [6.45, 7) is 4.64. The summed E-state index contributed by atoms with van der Waals surface area (Å²) < 4.78 is 0. The lowest BCUT2D eigenvalue weighted by Gasteiger charge is -2.43. The molecule has 0 amide bonds. The van der Waals surface area contributed by atoms with Crippen LogP contribution >= 0.6 is 0 Å². The molecular weight excluding hydrogens is 248 g/mol. The molecule has 0 bridgehead atoms. The second-order valence-corrected chi connectivity index (χ2v) is 6.27. The number of nitrogens with zero attached hydrogens (tertiary/aromatic N) is 1. The molecule has 2 aliphatic rings. The molecule has 2 N–H and O–H groups in total. The molecule has 3 unspecified atom stereocenters. The van der Waals surface area contributed by atoms with E-state index in [-0.39, 0.29) is 0 Å². The van der Waals surface area contributed by atoms with Gasteiger partial charge in [0.15, 0.2) is 0 Å². The van der Waals surface area contributed by atoms with Gasteiger partial charge in [-0.2, -0.15) is 0 Å². The molecule has 0 aromatic heterocycles. The highest BCUT2D eigenvalue weighted by atomic mass is 16.3. The molecule has 3 heteroatoms. The van der Waals surface area contributed by atoms with Crippen molar-refractivity contribution in [1.82, 2.24) is 10.2 Å². The van der Waals surface area contributed by atoms with Gasteiger partial charge in [-0.25, -0.2) is 0 Å². The van der Waals surface area contributed by atoms with Gasteiger partial charge in [0.05, 0.1) is 0 Å². The van der Waals surface area contributed by atoms with Crippen LogP contribution in [0.1, 0.15) is 50.6 Å². The first-order valence-electron chi connectivity index (χ1n) is 8.04. The van der Waals surface area contributed by atoms with E-state index in [1.807, 2.05) is 12.1 Å². The number of hydrogen-bond donors (Lipinski definition) is 2. The Labute approximate surface area is 122 Å². The van der Waals surface area contributed by atoms with E-state index >= 15 is 0 Å². The molecule has 2 heterocycles. The zero-order valence-corrected chi connectivity index (χ0v) is 12.4. The average Bonchev–Trinajstić information content (AvgIpc) is 3.00. The lowest BCUT2D eigenvalue weighted by atomic mass is 9.91. The molecule has 2 fully saturated rings. The van der Waals surface area contributed by atoms with Crippen molar-refractivity contribution >= 4 is 0 Å². The number of hydrogen-bond acceptors (Lipinski definition) is 3. The third-order valence-electron chi connectivity index (χ3n) is 5.01. The van der Waals surface area contributed by atoms with Crippen molar-refractivity contribution in [1.29, 1.82) is 0 Å². The van der Waals surface area contributed by atoms with E-state index in [9.17, 15) is 5.11 Å². The normalized spacial score (nSPS) is 29.4. The van der Waals surface area contributed by atoms with Crippen LogP contribution in [0.25, 0.3) is 0 Å². The van der Waals surface area contributed by atoms with Gasteiger partial charge in [0.2, 0.25) is 0 Å². The summed E-state index contributed by atoms with van der Waals surface area (Å²) in [6, 6.07) is 9.46. The quantitative estimate of drug-likeness (QED) is 0.889. The van der Waals surface area contributed by atoms with Gasteiger partial charge < -0.3 is 10.4 Å². The Morgan fingerprint density at radius 2 is 2.15 bits per heavy atom. The fourth-order valence-corrected chi connectivity index (χ4v) is 3.91. The van der Waals surface area contributed by atoms with E-state index in [2.05, 4.69) is 23.2 Å². The maximum Gasteiger partial charge on any atom is 0.115 e. The fourth-order valence-electron chi connectivity index (χ4n) is 3.91. The van der Waals surface area contributed by atoms with Crippen LogP contribution in [0.5, 0.6) is 5.75 Å². The smallest absolute Gasteiger partial charge is 0.115 e. The van der Waals surface area contributed by atoms with Crippen LogP contribution in [0.15, 0.2) is 24.3 Å². The van der Waals surface area contributed by atoms with E-state index in [1.54, 1.807) is 6.07 Å². The molecule has 1 aromatic rings. The highest BCUT2D eigenvalue weighted by Gasteiger charge is 2.34. The zero-order valence-electron chi connectivity index (χ0n) is 12.4. The molecule has 1 aromatic carbocycles. The highest BCUT2D eigenvalue weighted by molar-refractivity contribution is 5.29. The van der Waals surface area contributed by atoms with Gasteiger partial charge in [-0.15, -0.1) is 0 Å². The Bertz CT molecular complexity index is 442. The van der Waals surface area contributed by atoms with Crippen molar-refractivity contribution < 1.29 is 5.11 Å². The van der Waals surface area contributed by atoms with E-state index in [1.165, 1.54) is 50.8 Å². The number of rotatable bonds is 3. The average molecular weight is 274 g/mol. The molecule has 0 aliphatic carbocycles. The third-order valence-corrected chi connectivity index (χ3v) is 5.01. The lowest BCUT2D eigenvalue weighted by Crippen LogP contribution is -2.50. The predicted molar refractivity (Wildman–Crippen MR) is 81.9 cm³/mol. The number of benzene rings is 1. The number of nitrogens with one attached hydrogen (secondary N) is 1. The summed E-state index contributed by atoms with van der Waals surface area (Å²) in [4.78, 5) is 2.65. The number of likely N-dealkylation sites (tertiary alicyclic amines) is 1. The second-order valence-electron chi connectivity index (χ2n) is 6.27. The van der Waals surface area contributed by atoms with Crippen LogP contribution in [-0.2, 0) is 0 Å². The highest BCUT2D eigenvalue weighted by Crippen LogP contribution is 2.32. The largest absolute Gasteiger partial charge is 0.508 e. The summed E-state index contributed by atoms with van der Waals surface area (Å²) in [5, 5.41) is 13.4. The van der Waals surface area contributed by atoms with Crippen LogP contribution in [0.2, 0.25) is 0 Å². The fraction of sp³-hybridized carbons (Fsp3) is 0.647. The summed E-state index contributed by atoms with van der Waals surface area (Å²) in [5.74, 6) is 0.377. The van der Waals surface area contributed by atoms with E-state index in [4.69, 9.17) is 0 Å². The van der Waals surface area contributed by atoms with E-state index in [0.717, 1.165) is 0 Å². The van der Waals surface area contributed by atoms with Gasteiger partial charge in [-0.3, -0.25) is 4.90 Å². The van der Waals surface area contributed by atoms with Crippen molar-refractivity contribution in [2.75, 3.05) is 13.1 Å². The van der Waals surface area contributed by atoms with Crippen LogP contribution in [0.3, 0.4) is 0 Å². The molecule has 20 heavy (non-hydrogen) atoms. The summed E-state index contributed by atoms with van der Waals surface area (Å²) in [7, 11) is 0. The molecule has 2 saturated heterocycles. The first-order valence-corrected chi connectivity index (χ1v) is 8.04. The Hall–Kier alpha value is -1.06. The summed E-state index contributed by atoms with van der Waals surface area (Å²) in [6.07, 6.45) is 6.59. The second kappa shape index (κ2) is 6.15. The minimum atomic E-state index is 0.377. The molecule has 110 valence electrons. The van der Waals surface area contributed by atoms with Crippen LogP contribution in [-0.4, -0.2) is 35.2 Å². The maximum atomic E-state index is 9.71. The topological polar surface area (TPSA) is 35.5 Å². The van der Waals surface area contributed by atoms with Gasteiger partial charge in [-0.05, 0) is 63.4 Å². The zero-order chi connectivity index (χ0) is 13.9. The Morgan fingerprint density at radius 3 is 2.90 bits per heavy atom. The molecule has 2 aliphatic heterocycles. The molecule has 3 atom stereocenters. The SMILES string of the molecule is CC(c1cccc(O)c1)N1CCCCC1C1CCCN1. The van der Waals surface area contributed by atoms with Crippen molar-refractivity contribution in [2.24, 2.45) is 0 Å². The molecule has 0 radical (unpaired) electrons. The standard InChI is InChI=1S/C17H26N2O/c1-13(14-6-4-7-15(20)12-14)19-11-3-2-9-17(19)16-8-5-10-18-16/h4,6-7,12-13,16-18,20H,2-3,5,8-11H2,1H3. The van der Waals surface area contributed by atoms with Gasteiger partial charge in [0.1, 0.15) is 5.75 Å². The van der Waals surface area contributed by atoms with Gasteiger partial charge in [-0.1, -0.05) is 18.6 Å². The van der Waals surface area contributed by atoms with Gasteiger partial charge in [0, 0.05) is 18.1 Å². The van der Waals surface area contributed by atoms with Gasteiger partial charge in [0.25, 0.3) is 0 Å². The molecule has 3 rings (SSSR count). The van der Waals surface area contributed by atoms with Crippen molar-refractivity contribution in [3.8, 4) is 5.75 Å². The number of piperidine rings is 1. The molecule has 0 spiro atoms. The Kier molecular flexibility index (Phi) is 4.27. The first-order chi connectivity index (χ1) is 9.75. The van der Waals surface area contributed by atoms with Gasteiger partial charge >= 0.3 is 0 Å². The maximum absolute atomic E-state index is 9.71. The van der Waals surface area contributed by atoms with Crippen LogP contribution in [0.4, 0.5) is 0 Å². The molecular formula is C17H26N2O. The van der Waals surface area contributed by atoms with Crippen molar-refractivity contribution in [3.05, 3.63) is 29.8 Å². The predicted octanol–water partition coefficient (Wildman–Crippen LogP) is 3.06. The van der Waals surface area contributed by atoms with E-state index < -0.39 is 0 Å². The number of phenols is 1. The van der Waals surface area contributed by atoms with E-state index in [0.29, 0.717) is 23.9 Å². The number of aromatic hydroxyl groups is 1. The summed E-state index contributed by atoms with van der Waals surface area (Å²) >= 11 is 0. The van der Waals surface area contributed by atoms with Crippen molar-refractivity contribution in [2.45, 2.75) is 57.2 Å².